The molecular formula is C55H105NO8. The summed E-state index contributed by atoms with van der Waals surface area (Å²) in [6.45, 7) is 12.4. The summed E-state index contributed by atoms with van der Waals surface area (Å²) < 4.78 is 30.0. The van der Waals surface area contributed by atoms with Gasteiger partial charge in [-0.15, -0.1) is 0 Å². The van der Waals surface area contributed by atoms with Crippen molar-refractivity contribution in [1.82, 2.24) is 4.90 Å². The minimum Gasteiger partial charge on any atom is -0.466 e. The van der Waals surface area contributed by atoms with E-state index in [9.17, 15) is 14.4 Å². The summed E-state index contributed by atoms with van der Waals surface area (Å²) >= 11 is 0. The summed E-state index contributed by atoms with van der Waals surface area (Å²) in [5.41, 5.74) is 0. The summed E-state index contributed by atoms with van der Waals surface area (Å²) in [6.07, 6.45) is 38.3. The predicted molar refractivity (Wildman–Crippen MR) is 266 cm³/mol. The molecular weight excluding hydrogens is 803 g/mol. The fourth-order valence-corrected chi connectivity index (χ4v) is 9.22. The first-order chi connectivity index (χ1) is 31.2. The largest absolute Gasteiger partial charge is 0.466 e. The van der Waals surface area contributed by atoms with E-state index >= 15 is 0 Å². The van der Waals surface area contributed by atoms with Crippen molar-refractivity contribution in [3.63, 3.8) is 0 Å². The number of nitrogens with zero attached hydrogens (tertiary/aromatic N) is 1. The van der Waals surface area contributed by atoms with Crippen LogP contribution in [0.1, 0.15) is 259 Å². The summed E-state index contributed by atoms with van der Waals surface area (Å²) in [7, 11) is 4.04. The normalized spacial score (nSPS) is 16.5. The number of unbranched alkanes of at least 4 members (excludes halogenated alkanes) is 17. The molecule has 1 saturated carbocycles. The first kappa shape index (κ1) is 60.3. The first-order valence-corrected chi connectivity index (χ1v) is 27.6. The molecule has 9 heteroatoms. The third-order valence-corrected chi connectivity index (χ3v) is 13.3. The number of hydrogen-bond donors (Lipinski definition) is 0. The quantitative estimate of drug-likeness (QED) is 0.0336. The van der Waals surface area contributed by atoms with Crippen LogP contribution in [0.4, 0.5) is 0 Å². The zero-order valence-corrected chi connectivity index (χ0v) is 43.1. The Bertz CT molecular complexity index is 1050. The van der Waals surface area contributed by atoms with Gasteiger partial charge in [0, 0.05) is 51.7 Å². The molecule has 0 saturated heterocycles. The number of carbonyl (C=O) groups excluding carboxylic acids is 3. The van der Waals surface area contributed by atoms with Crippen LogP contribution in [0.5, 0.6) is 0 Å². The van der Waals surface area contributed by atoms with E-state index in [1.807, 2.05) is 14.1 Å². The minimum absolute atomic E-state index is 0.0238. The van der Waals surface area contributed by atoms with Crippen LogP contribution in [0.3, 0.4) is 0 Å². The molecule has 0 heterocycles. The zero-order chi connectivity index (χ0) is 46.7. The van der Waals surface area contributed by atoms with Gasteiger partial charge in [0.25, 0.3) is 0 Å². The molecule has 0 aromatic rings. The van der Waals surface area contributed by atoms with Crippen LogP contribution in [0.2, 0.25) is 0 Å². The molecule has 3 atom stereocenters. The van der Waals surface area contributed by atoms with Crippen molar-refractivity contribution in [3.8, 4) is 0 Å². The molecule has 0 spiro atoms. The van der Waals surface area contributed by atoms with Gasteiger partial charge < -0.3 is 28.6 Å². The summed E-state index contributed by atoms with van der Waals surface area (Å²) in [5.74, 6) is 1.19. The van der Waals surface area contributed by atoms with E-state index in [1.54, 1.807) is 0 Å². The van der Waals surface area contributed by atoms with E-state index in [-0.39, 0.29) is 36.2 Å². The van der Waals surface area contributed by atoms with Gasteiger partial charge in [-0.25, -0.2) is 0 Å². The fourth-order valence-electron chi connectivity index (χ4n) is 9.22. The number of hydrogen-bond acceptors (Lipinski definition) is 9. The maximum Gasteiger partial charge on any atom is 0.306 e. The average molecular weight is 908 g/mol. The SMILES string of the molecule is CCCCCC(CCCCC)CCOC(=O)CCCCCCCCOC1CC(OCCCCCCCC(=O)OCCC(CCCCC)CCCCC)CC(OC(=O)CCCN(C)C)C1. The van der Waals surface area contributed by atoms with Crippen LogP contribution < -0.4 is 0 Å². The number of rotatable bonds is 46. The van der Waals surface area contributed by atoms with Crippen LogP contribution in [-0.2, 0) is 38.1 Å². The van der Waals surface area contributed by atoms with Crippen molar-refractivity contribution < 1.29 is 38.1 Å². The Kier molecular flexibility index (Phi) is 41.3. The molecule has 0 aromatic carbocycles. The monoisotopic (exact) mass is 908 g/mol. The standard InChI is InChI=1S/C55H105NO8/c1-7-11-22-31-48(32-23-12-8-2)38-43-62-53(57)35-26-18-15-16-20-28-41-60-50-45-51(47-52(46-50)64-55(59)37-30-40-56(5)6)61-42-29-21-17-19-27-36-54(58)63-44-39-49(33-24-13-9-3)34-25-14-10-4/h48-52H,7-47H2,1-6H3. The topological polar surface area (TPSA) is 101 Å². The lowest BCUT2D eigenvalue weighted by Gasteiger charge is -2.34. The van der Waals surface area contributed by atoms with Gasteiger partial charge in [-0.05, 0) is 77.4 Å². The first-order valence-electron chi connectivity index (χ1n) is 27.6. The lowest BCUT2D eigenvalue weighted by atomic mass is 9.92. The molecule has 0 N–H and O–H groups in total. The molecule has 0 radical (unpaired) electrons. The Labute approximate surface area is 395 Å². The van der Waals surface area contributed by atoms with Crippen molar-refractivity contribution in [2.75, 3.05) is 47.1 Å². The van der Waals surface area contributed by atoms with E-state index in [0.29, 0.717) is 57.5 Å². The molecule has 0 aromatic heterocycles. The molecule has 9 nitrogen and oxygen atoms in total. The van der Waals surface area contributed by atoms with Gasteiger partial charge in [0.15, 0.2) is 0 Å². The summed E-state index contributed by atoms with van der Waals surface area (Å²) in [4.78, 5) is 39.6. The lowest BCUT2D eigenvalue weighted by Crippen LogP contribution is -2.38. The third kappa shape index (κ3) is 37.4. The molecule has 378 valence electrons. The molecule has 3 unspecified atom stereocenters. The van der Waals surface area contributed by atoms with Crippen LogP contribution in [0.15, 0.2) is 0 Å². The number of carbonyl (C=O) groups is 3. The maximum atomic E-state index is 12.7. The highest BCUT2D eigenvalue weighted by molar-refractivity contribution is 5.70. The van der Waals surface area contributed by atoms with Gasteiger partial charge in [0.1, 0.15) is 6.10 Å². The highest BCUT2D eigenvalue weighted by Crippen LogP contribution is 2.28. The van der Waals surface area contributed by atoms with Crippen molar-refractivity contribution in [1.29, 1.82) is 0 Å². The van der Waals surface area contributed by atoms with Crippen LogP contribution in [0, 0.1) is 11.8 Å². The molecule has 1 aliphatic rings. The second-order valence-electron chi connectivity index (χ2n) is 19.8. The van der Waals surface area contributed by atoms with Crippen LogP contribution >= 0.6 is 0 Å². The minimum atomic E-state index is -0.173. The molecule has 0 bridgehead atoms. The van der Waals surface area contributed by atoms with E-state index in [1.165, 1.54) is 103 Å². The van der Waals surface area contributed by atoms with Gasteiger partial charge in [-0.2, -0.15) is 0 Å². The summed E-state index contributed by atoms with van der Waals surface area (Å²) in [5, 5.41) is 0. The third-order valence-electron chi connectivity index (χ3n) is 13.3. The zero-order valence-electron chi connectivity index (χ0n) is 43.1. The van der Waals surface area contributed by atoms with Crippen molar-refractivity contribution >= 4 is 17.9 Å². The van der Waals surface area contributed by atoms with E-state index in [2.05, 4.69) is 32.6 Å². The van der Waals surface area contributed by atoms with Crippen molar-refractivity contribution in [2.45, 2.75) is 277 Å². The van der Waals surface area contributed by atoms with E-state index < -0.39 is 0 Å². The molecule has 1 aliphatic carbocycles. The highest BCUT2D eigenvalue weighted by Gasteiger charge is 2.32. The smallest absolute Gasteiger partial charge is 0.306 e. The maximum absolute atomic E-state index is 12.7. The Morgan fingerprint density at radius 3 is 1.16 bits per heavy atom. The Hall–Kier alpha value is -1.71. The van der Waals surface area contributed by atoms with Gasteiger partial charge in [0.05, 0.1) is 25.4 Å². The molecule has 1 rings (SSSR count). The molecule has 64 heavy (non-hydrogen) atoms. The van der Waals surface area contributed by atoms with Gasteiger partial charge in [-0.3, -0.25) is 14.4 Å². The Balaban J connectivity index is 2.31. The molecule has 1 fully saturated rings. The fraction of sp³-hybridized carbons (Fsp3) is 0.945. The van der Waals surface area contributed by atoms with Gasteiger partial charge >= 0.3 is 17.9 Å². The number of esters is 3. The Morgan fingerprint density at radius 2 is 0.766 bits per heavy atom. The Morgan fingerprint density at radius 1 is 0.406 bits per heavy atom. The highest BCUT2D eigenvalue weighted by atomic mass is 16.6. The van der Waals surface area contributed by atoms with E-state index in [0.717, 1.165) is 116 Å². The molecule has 0 aliphatic heterocycles. The summed E-state index contributed by atoms with van der Waals surface area (Å²) in [6, 6.07) is 0. The second-order valence-corrected chi connectivity index (χ2v) is 19.8. The lowest BCUT2D eigenvalue weighted by molar-refractivity contribution is -0.158. The van der Waals surface area contributed by atoms with Gasteiger partial charge in [0.2, 0.25) is 0 Å². The van der Waals surface area contributed by atoms with Gasteiger partial charge in [-0.1, -0.05) is 175 Å². The van der Waals surface area contributed by atoms with Crippen molar-refractivity contribution in [2.24, 2.45) is 11.8 Å². The van der Waals surface area contributed by atoms with E-state index in [4.69, 9.17) is 23.7 Å². The van der Waals surface area contributed by atoms with Crippen LogP contribution in [0.25, 0.3) is 0 Å². The second kappa shape index (κ2) is 43.8. The average Bonchev–Trinajstić information content (AvgIpc) is 3.26. The predicted octanol–water partition coefficient (Wildman–Crippen LogP) is 14.7. The van der Waals surface area contributed by atoms with Crippen molar-refractivity contribution in [3.05, 3.63) is 0 Å². The molecule has 0 amide bonds. The number of ether oxygens (including phenoxy) is 5. The van der Waals surface area contributed by atoms with Crippen LogP contribution in [-0.4, -0.2) is 88.2 Å².